The zero-order valence-electron chi connectivity index (χ0n) is 12.4. The van der Waals surface area contributed by atoms with Crippen molar-refractivity contribution in [3.8, 4) is 0 Å². The smallest absolute Gasteiger partial charge is 0.261 e. The average molecular weight is 409 g/mol. The number of halogens is 1. The van der Waals surface area contributed by atoms with E-state index in [0.717, 1.165) is 4.90 Å². The van der Waals surface area contributed by atoms with E-state index in [1.54, 1.807) is 24.3 Å². The summed E-state index contributed by atoms with van der Waals surface area (Å²) in [6.45, 7) is 0. The first-order valence-corrected chi connectivity index (χ1v) is 9.39. The molecule has 3 rings (SSSR count). The van der Waals surface area contributed by atoms with Crippen molar-refractivity contribution in [1.29, 1.82) is 0 Å². The van der Waals surface area contributed by atoms with Gasteiger partial charge in [-0.05, 0) is 52.3 Å². The van der Waals surface area contributed by atoms with Crippen molar-refractivity contribution in [2.45, 2.75) is 17.7 Å². The summed E-state index contributed by atoms with van der Waals surface area (Å²) in [6.07, 6.45) is 0.366. The van der Waals surface area contributed by atoms with Gasteiger partial charge in [0.1, 0.15) is 0 Å². The van der Waals surface area contributed by atoms with E-state index in [2.05, 4.69) is 20.7 Å². The van der Waals surface area contributed by atoms with Crippen LogP contribution < -0.4 is 9.62 Å². The molecule has 0 aliphatic carbocycles. The number of anilines is 2. The maximum absolute atomic E-state index is 12.4. The Hall–Kier alpha value is -2.19. The van der Waals surface area contributed by atoms with Crippen LogP contribution in [0.25, 0.3) is 0 Å². The van der Waals surface area contributed by atoms with Crippen molar-refractivity contribution >= 4 is 49.1 Å². The van der Waals surface area contributed by atoms with Gasteiger partial charge in [-0.3, -0.25) is 19.2 Å². The highest BCUT2D eigenvalue weighted by molar-refractivity contribution is 9.10. The van der Waals surface area contributed by atoms with E-state index in [1.807, 2.05) is 0 Å². The normalized spacial score (nSPS) is 15.0. The van der Waals surface area contributed by atoms with E-state index in [4.69, 9.17) is 0 Å². The Morgan fingerprint density at radius 1 is 0.917 bits per heavy atom. The van der Waals surface area contributed by atoms with E-state index < -0.39 is 10.0 Å². The second kappa shape index (κ2) is 6.37. The lowest BCUT2D eigenvalue weighted by molar-refractivity contribution is -0.121. The minimum absolute atomic E-state index is 0.0427. The SMILES string of the molecule is O=C1CCC(=O)N1c1ccc(S(=O)(=O)Nc2ccccc2Br)cc1. The van der Waals surface area contributed by atoms with Crippen LogP contribution in [-0.2, 0) is 19.6 Å². The Morgan fingerprint density at radius 2 is 1.50 bits per heavy atom. The Balaban J connectivity index is 1.86. The summed E-state index contributed by atoms with van der Waals surface area (Å²) in [5, 5.41) is 0. The molecule has 1 saturated heterocycles. The predicted molar refractivity (Wildman–Crippen MR) is 93.1 cm³/mol. The van der Waals surface area contributed by atoms with E-state index in [9.17, 15) is 18.0 Å². The van der Waals surface area contributed by atoms with E-state index >= 15 is 0 Å². The summed E-state index contributed by atoms with van der Waals surface area (Å²) < 4.78 is 28.0. The fraction of sp³-hybridized carbons (Fsp3) is 0.125. The van der Waals surface area contributed by atoms with Gasteiger partial charge in [0, 0.05) is 17.3 Å². The van der Waals surface area contributed by atoms with Crippen molar-refractivity contribution in [3.63, 3.8) is 0 Å². The number of imide groups is 1. The summed E-state index contributed by atoms with van der Waals surface area (Å²) in [4.78, 5) is 24.6. The van der Waals surface area contributed by atoms with E-state index in [-0.39, 0.29) is 29.6 Å². The van der Waals surface area contributed by atoms with Gasteiger partial charge in [-0.1, -0.05) is 12.1 Å². The van der Waals surface area contributed by atoms with Crippen LogP contribution in [0.1, 0.15) is 12.8 Å². The van der Waals surface area contributed by atoms with Crippen LogP contribution >= 0.6 is 15.9 Å². The fourth-order valence-electron chi connectivity index (χ4n) is 2.39. The number of carbonyl (C=O) groups excluding carboxylic acids is 2. The molecule has 1 N–H and O–H groups in total. The Bertz CT molecular complexity index is 894. The number of hydrogen-bond donors (Lipinski definition) is 1. The summed E-state index contributed by atoms with van der Waals surface area (Å²) >= 11 is 3.28. The molecule has 0 radical (unpaired) electrons. The quantitative estimate of drug-likeness (QED) is 0.788. The minimum Gasteiger partial charge on any atom is -0.278 e. The van der Waals surface area contributed by atoms with Crippen LogP contribution in [0.15, 0.2) is 57.9 Å². The third-order valence-electron chi connectivity index (χ3n) is 3.57. The molecule has 8 heteroatoms. The second-order valence-corrected chi connectivity index (χ2v) is 7.74. The standard InChI is InChI=1S/C16H13BrN2O4S/c17-13-3-1-2-4-14(13)18-24(22,23)12-7-5-11(6-8-12)19-15(20)9-10-16(19)21/h1-8,18H,9-10H2. The van der Waals surface area contributed by atoms with Crippen molar-refractivity contribution in [1.82, 2.24) is 0 Å². The first kappa shape index (κ1) is 16.7. The maximum Gasteiger partial charge on any atom is 0.261 e. The predicted octanol–water partition coefficient (Wildman–Crippen LogP) is 2.90. The van der Waals surface area contributed by atoms with E-state index in [0.29, 0.717) is 15.8 Å². The number of nitrogens with zero attached hydrogens (tertiary/aromatic N) is 1. The molecule has 1 aliphatic heterocycles. The summed E-state index contributed by atoms with van der Waals surface area (Å²) in [5.74, 6) is -0.552. The number of sulfonamides is 1. The van der Waals surface area contributed by atoms with Crippen LogP contribution in [0.4, 0.5) is 11.4 Å². The summed E-state index contributed by atoms with van der Waals surface area (Å²) in [6, 6.07) is 12.5. The Labute approximate surface area is 147 Å². The van der Waals surface area contributed by atoms with Gasteiger partial charge in [0.15, 0.2) is 0 Å². The Morgan fingerprint density at radius 3 is 2.08 bits per heavy atom. The topological polar surface area (TPSA) is 83.6 Å². The van der Waals surface area contributed by atoms with Gasteiger partial charge in [-0.2, -0.15) is 0 Å². The summed E-state index contributed by atoms with van der Waals surface area (Å²) in [7, 11) is -3.77. The first-order chi connectivity index (χ1) is 11.4. The van der Waals surface area contributed by atoms with Crippen molar-refractivity contribution in [2.24, 2.45) is 0 Å². The highest BCUT2D eigenvalue weighted by Gasteiger charge is 2.30. The van der Waals surface area contributed by atoms with Crippen molar-refractivity contribution < 1.29 is 18.0 Å². The van der Waals surface area contributed by atoms with Crippen molar-refractivity contribution in [3.05, 3.63) is 53.0 Å². The molecule has 0 aromatic heterocycles. The lowest BCUT2D eigenvalue weighted by atomic mass is 10.3. The largest absolute Gasteiger partial charge is 0.278 e. The monoisotopic (exact) mass is 408 g/mol. The summed E-state index contributed by atoms with van der Waals surface area (Å²) in [5.41, 5.74) is 0.800. The van der Waals surface area contributed by atoms with Gasteiger partial charge in [0.05, 0.1) is 16.3 Å². The van der Waals surface area contributed by atoms with Crippen LogP contribution in [0.3, 0.4) is 0 Å². The molecule has 2 aromatic rings. The zero-order chi connectivity index (χ0) is 17.3. The molecular formula is C16H13BrN2O4S. The number of hydrogen-bond acceptors (Lipinski definition) is 4. The van der Waals surface area contributed by atoms with Crippen LogP contribution in [-0.4, -0.2) is 20.2 Å². The van der Waals surface area contributed by atoms with Crippen LogP contribution in [0, 0.1) is 0 Å². The van der Waals surface area contributed by atoms with Gasteiger partial charge >= 0.3 is 0 Å². The molecule has 0 unspecified atom stereocenters. The third kappa shape index (κ3) is 3.20. The molecule has 0 saturated carbocycles. The van der Waals surface area contributed by atoms with Crippen LogP contribution in [0.5, 0.6) is 0 Å². The molecule has 1 fully saturated rings. The average Bonchev–Trinajstić information content (AvgIpc) is 2.88. The molecule has 6 nitrogen and oxygen atoms in total. The van der Waals surface area contributed by atoms with Crippen LogP contribution in [0.2, 0.25) is 0 Å². The molecule has 0 bridgehead atoms. The van der Waals surface area contributed by atoms with Crippen molar-refractivity contribution in [2.75, 3.05) is 9.62 Å². The van der Waals surface area contributed by atoms with Gasteiger partial charge in [0.25, 0.3) is 10.0 Å². The molecular weight excluding hydrogens is 396 g/mol. The van der Waals surface area contributed by atoms with Gasteiger partial charge in [-0.25, -0.2) is 8.42 Å². The number of carbonyl (C=O) groups is 2. The molecule has 0 spiro atoms. The number of nitrogens with one attached hydrogen (secondary N) is 1. The third-order valence-corrected chi connectivity index (χ3v) is 5.65. The maximum atomic E-state index is 12.4. The lowest BCUT2D eigenvalue weighted by Crippen LogP contribution is -2.28. The molecule has 124 valence electrons. The number of para-hydroxylation sites is 1. The van der Waals surface area contributed by atoms with Gasteiger partial charge in [-0.15, -0.1) is 0 Å². The highest BCUT2D eigenvalue weighted by Crippen LogP contribution is 2.27. The molecule has 2 aromatic carbocycles. The number of rotatable bonds is 4. The van der Waals surface area contributed by atoms with Gasteiger partial charge < -0.3 is 0 Å². The second-order valence-electron chi connectivity index (χ2n) is 5.20. The minimum atomic E-state index is -3.77. The zero-order valence-corrected chi connectivity index (χ0v) is 14.8. The molecule has 1 heterocycles. The van der Waals surface area contributed by atoms with E-state index in [1.165, 1.54) is 24.3 Å². The molecule has 2 amide bonds. The number of amides is 2. The molecule has 24 heavy (non-hydrogen) atoms. The number of benzene rings is 2. The fourth-order valence-corrected chi connectivity index (χ4v) is 3.98. The Kier molecular flexibility index (Phi) is 4.42. The van der Waals surface area contributed by atoms with Gasteiger partial charge in [0.2, 0.25) is 11.8 Å². The first-order valence-electron chi connectivity index (χ1n) is 7.12. The molecule has 0 atom stereocenters. The lowest BCUT2D eigenvalue weighted by Gasteiger charge is -2.15. The highest BCUT2D eigenvalue weighted by atomic mass is 79.9. The molecule has 1 aliphatic rings.